The standard InChI is InChI=1S/C8H15N5/c1-9-2-3-12-4-5-13-7-10-11-8(13)6-12/h7,9H,2-6H2,1H3. The molecule has 2 heterocycles. The third kappa shape index (κ3) is 1.87. The summed E-state index contributed by atoms with van der Waals surface area (Å²) in [6.07, 6.45) is 1.81. The van der Waals surface area contributed by atoms with Gasteiger partial charge in [-0.15, -0.1) is 10.2 Å². The molecule has 5 nitrogen and oxygen atoms in total. The summed E-state index contributed by atoms with van der Waals surface area (Å²) in [4.78, 5) is 2.39. The first-order valence-electron chi connectivity index (χ1n) is 4.64. The quantitative estimate of drug-likeness (QED) is 0.670. The summed E-state index contributed by atoms with van der Waals surface area (Å²) < 4.78 is 2.12. The highest BCUT2D eigenvalue weighted by Crippen LogP contribution is 2.07. The second-order valence-corrected chi connectivity index (χ2v) is 3.32. The van der Waals surface area contributed by atoms with E-state index in [-0.39, 0.29) is 0 Å². The van der Waals surface area contributed by atoms with Gasteiger partial charge in [0.15, 0.2) is 0 Å². The molecule has 1 N–H and O–H groups in total. The number of rotatable bonds is 3. The van der Waals surface area contributed by atoms with Gasteiger partial charge in [-0.2, -0.15) is 0 Å². The zero-order chi connectivity index (χ0) is 9.10. The lowest BCUT2D eigenvalue weighted by Crippen LogP contribution is -2.37. The molecule has 0 amide bonds. The van der Waals surface area contributed by atoms with Crippen molar-refractivity contribution in [2.24, 2.45) is 0 Å². The SMILES string of the molecule is CNCCN1CCn2cnnc2C1. The van der Waals surface area contributed by atoms with Crippen molar-refractivity contribution in [3.63, 3.8) is 0 Å². The summed E-state index contributed by atoms with van der Waals surface area (Å²) in [6, 6.07) is 0. The van der Waals surface area contributed by atoms with Crippen LogP contribution in [0.3, 0.4) is 0 Å². The van der Waals surface area contributed by atoms with Gasteiger partial charge in [-0.05, 0) is 7.05 Å². The molecule has 0 atom stereocenters. The molecule has 0 bridgehead atoms. The fourth-order valence-corrected chi connectivity index (χ4v) is 1.58. The summed E-state index contributed by atoms with van der Waals surface area (Å²) in [5.41, 5.74) is 0. The summed E-state index contributed by atoms with van der Waals surface area (Å²) >= 11 is 0. The smallest absolute Gasteiger partial charge is 0.147 e. The van der Waals surface area contributed by atoms with E-state index in [1.807, 2.05) is 13.4 Å². The molecule has 1 aromatic rings. The van der Waals surface area contributed by atoms with Gasteiger partial charge in [0.25, 0.3) is 0 Å². The summed E-state index contributed by atoms with van der Waals surface area (Å²) in [7, 11) is 1.98. The summed E-state index contributed by atoms with van der Waals surface area (Å²) in [5, 5.41) is 11.1. The Kier molecular flexibility index (Phi) is 2.56. The van der Waals surface area contributed by atoms with Crippen molar-refractivity contribution >= 4 is 0 Å². The maximum absolute atomic E-state index is 4.07. The predicted octanol–water partition coefficient (Wildman–Crippen LogP) is -0.687. The molecule has 1 aliphatic rings. The highest BCUT2D eigenvalue weighted by Gasteiger charge is 2.15. The van der Waals surface area contributed by atoms with Crippen LogP contribution in [0.15, 0.2) is 6.33 Å². The lowest BCUT2D eigenvalue weighted by Gasteiger charge is -2.26. The van der Waals surface area contributed by atoms with Gasteiger partial charge in [-0.3, -0.25) is 4.90 Å². The number of nitrogens with zero attached hydrogens (tertiary/aromatic N) is 4. The van der Waals surface area contributed by atoms with Crippen LogP contribution in [0.25, 0.3) is 0 Å². The number of fused-ring (bicyclic) bond motifs is 1. The van der Waals surface area contributed by atoms with Crippen LogP contribution in [-0.4, -0.2) is 46.3 Å². The van der Waals surface area contributed by atoms with Gasteiger partial charge >= 0.3 is 0 Å². The zero-order valence-corrected chi connectivity index (χ0v) is 7.90. The average molecular weight is 181 g/mol. The van der Waals surface area contributed by atoms with Crippen LogP contribution in [-0.2, 0) is 13.1 Å². The van der Waals surface area contributed by atoms with Crippen molar-refractivity contribution in [1.82, 2.24) is 25.0 Å². The van der Waals surface area contributed by atoms with Gasteiger partial charge in [0, 0.05) is 26.2 Å². The summed E-state index contributed by atoms with van der Waals surface area (Å²) in [5.74, 6) is 1.09. The molecule has 13 heavy (non-hydrogen) atoms. The highest BCUT2D eigenvalue weighted by molar-refractivity contribution is 4.89. The van der Waals surface area contributed by atoms with E-state index in [0.29, 0.717) is 0 Å². The molecule has 72 valence electrons. The largest absolute Gasteiger partial charge is 0.318 e. The van der Waals surface area contributed by atoms with Crippen LogP contribution in [0.2, 0.25) is 0 Å². The van der Waals surface area contributed by atoms with Gasteiger partial charge in [-0.1, -0.05) is 0 Å². The maximum Gasteiger partial charge on any atom is 0.147 e. The summed E-state index contributed by atoms with van der Waals surface area (Å²) in [6.45, 7) is 5.18. The molecule has 0 saturated carbocycles. The molecule has 0 saturated heterocycles. The molecule has 0 spiro atoms. The number of hydrogen-bond donors (Lipinski definition) is 1. The third-order valence-corrected chi connectivity index (χ3v) is 2.40. The van der Waals surface area contributed by atoms with Crippen molar-refractivity contribution in [1.29, 1.82) is 0 Å². The van der Waals surface area contributed by atoms with Gasteiger partial charge in [-0.25, -0.2) is 0 Å². The first kappa shape index (κ1) is 8.65. The van der Waals surface area contributed by atoms with Crippen LogP contribution < -0.4 is 5.32 Å². The minimum absolute atomic E-state index is 0.932. The number of aromatic nitrogens is 3. The number of hydrogen-bond acceptors (Lipinski definition) is 4. The Morgan fingerprint density at radius 2 is 2.46 bits per heavy atom. The zero-order valence-electron chi connectivity index (χ0n) is 7.90. The van der Waals surface area contributed by atoms with Crippen molar-refractivity contribution in [3.05, 3.63) is 12.2 Å². The lowest BCUT2D eigenvalue weighted by atomic mass is 10.3. The van der Waals surface area contributed by atoms with Gasteiger partial charge in [0.1, 0.15) is 12.2 Å². The molecule has 5 heteroatoms. The monoisotopic (exact) mass is 181 g/mol. The van der Waals surface area contributed by atoms with Crippen LogP contribution >= 0.6 is 0 Å². The van der Waals surface area contributed by atoms with E-state index in [9.17, 15) is 0 Å². The molecule has 0 aromatic carbocycles. The number of nitrogens with one attached hydrogen (secondary N) is 1. The van der Waals surface area contributed by atoms with Crippen LogP contribution in [0, 0.1) is 0 Å². The van der Waals surface area contributed by atoms with E-state index in [1.165, 1.54) is 0 Å². The normalized spacial score (nSPS) is 17.3. The molecule has 0 fully saturated rings. The Labute approximate surface area is 77.8 Å². The van der Waals surface area contributed by atoms with E-state index >= 15 is 0 Å². The Balaban J connectivity index is 1.93. The van der Waals surface area contributed by atoms with E-state index in [2.05, 4.69) is 25.0 Å². The van der Waals surface area contributed by atoms with Gasteiger partial charge < -0.3 is 9.88 Å². The predicted molar refractivity (Wildman–Crippen MR) is 49.2 cm³/mol. The first-order chi connectivity index (χ1) is 6.40. The topological polar surface area (TPSA) is 46.0 Å². The second kappa shape index (κ2) is 3.85. The van der Waals surface area contributed by atoms with Crippen molar-refractivity contribution < 1.29 is 0 Å². The lowest BCUT2D eigenvalue weighted by molar-refractivity contribution is 0.219. The first-order valence-corrected chi connectivity index (χ1v) is 4.64. The van der Waals surface area contributed by atoms with Crippen LogP contribution in [0.1, 0.15) is 5.82 Å². The molecule has 1 aromatic heterocycles. The molecule has 0 aliphatic carbocycles. The number of likely N-dealkylation sites (N-methyl/N-ethyl adjacent to an activating group) is 1. The molecule has 0 unspecified atom stereocenters. The Bertz CT molecular complexity index is 269. The van der Waals surface area contributed by atoms with E-state index in [1.54, 1.807) is 0 Å². The van der Waals surface area contributed by atoms with Crippen molar-refractivity contribution in [3.8, 4) is 0 Å². The van der Waals surface area contributed by atoms with Crippen molar-refractivity contribution in [2.45, 2.75) is 13.1 Å². The minimum atomic E-state index is 0.932. The molecule has 1 aliphatic heterocycles. The molecule has 0 radical (unpaired) electrons. The Hall–Kier alpha value is -0.940. The third-order valence-electron chi connectivity index (χ3n) is 2.40. The highest BCUT2D eigenvalue weighted by atomic mass is 15.3. The Morgan fingerprint density at radius 1 is 1.54 bits per heavy atom. The van der Waals surface area contributed by atoms with Crippen LogP contribution in [0.4, 0.5) is 0 Å². The fraction of sp³-hybridized carbons (Fsp3) is 0.750. The second-order valence-electron chi connectivity index (χ2n) is 3.32. The van der Waals surface area contributed by atoms with Crippen LogP contribution in [0.5, 0.6) is 0 Å². The van der Waals surface area contributed by atoms with Gasteiger partial charge in [0.05, 0.1) is 6.54 Å². The maximum atomic E-state index is 4.07. The van der Waals surface area contributed by atoms with E-state index in [0.717, 1.165) is 38.5 Å². The minimum Gasteiger partial charge on any atom is -0.318 e. The van der Waals surface area contributed by atoms with Crippen molar-refractivity contribution in [2.75, 3.05) is 26.7 Å². The fourth-order valence-electron chi connectivity index (χ4n) is 1.58. The Morgan fingerprint density at radius 3 is 3.31 bits per heavy atom. The van der Waals surface area contributed by atoms with E-state index < -0.39 is 0 Å². The molecular formula is C8H15N5. The van der Waals surface area contributed by atoms with E-state index in [4.69, 9.17) is 0 Å². The molecule has 2 rings (SSSR count). The van der Waals surface area contributed by atoms with Gasteiger partial charge in [0.2, 0.25) is 0 Å². The average Bonchev–Trinajstić information content (AvgIpc) is 2.61. The molecular weight excluding hydrogens is 166 g/mol.